The highest BCUT2D eigenvalue weighted by Crippen LogP contribution is 2.59. The third-order valence-electron chi connectivity index (χ3n) is 4.57. The number of halogens is 1. The maximum Gasteiger partial charge on any atom is 0.0910 e. The highest BCUT2D eigenvalue weighted by atomic mass is 35.5. The van der Waals surface area contributed by atoms with Gasteiger partial charge in [-0.2, -0.15) is 5.10 Å². The van der Waals surface area contributed by atoms with Gasteiger partial charge in [-0.3, -0.25) is 5.10 Å². The Morgan fingerprint density at radius 3 is 2.83 bits per heavy atom. The molecule has 1 heterocycles. The van der Waals surface area contributed by atoms with Crippen LogP contribution in [0, 0.1) is 11.8 Å². The first-order chi connectivity index (χ1) is 8.58. The van der Waals surface area contributed by atoms with E-state index in [4.69, 9.17) is 17.3 Å². The van der Waals surface area contributed by atoms with Crippen molar-refractivity contribution in [1.82, 2.24) is 10.2 Å². The van der Waals surface area contributed by atoms with Crippen molar-refractivity contribution in [2.24, 2.45) is 17.6 Å². The minimum atomic E-state index is -0.793. The summed E-state index contributed by atoms with van der Waals surface area (Å²) in [6.45, 7) is 0. The van der Waals surface area contributed by atoms with Gasteiger partial charge >= 0.3 is 0 Å². The summed E-state index contributed by atoms with van der Waals surface area (Å²) >= 11 is 6.11. The Morgan fingerprint density at radius 1 is 1.39 bits per heavy atom. The summed E-state index contributed by atoms with van der Waals surface area (Å²) in [5.41, 5.74) is 6.90. The van der Waals surface area contributed by atoms with Crippen LogP contribution < -0.4 is 5.73 Å². The molecule has 2 aliphatic rings. The van der Waals surface area contributed by atoms with Gasteiger partial charge in [0.1, 0.15) is 0 Å². The minimum absolute atomic E-state index is 0.282. The number of fused-ring (bicyclic) bond motifs is 2. The third kappa shape index (κ3) is 1.31. The Labute approximate surface area is 109 Å². The molecule has 0 saturated heterocycles. The molecule has 2 unspecified atom stereocenters. The van der Waals surface area contributed by atoms with E-state index in [1.165, 1.54) is 0 Å². The van der Waals surface area contributed by atoms with E-state index < -0.39 is 5.60 Å². The lowest BCUT2D eigenvalue weighted by Crippen LogP contribution is -2.27. The van der Waals surface area contributed by atoms with Gasteiger partial charge in [0.25, 0.3) is 0 Å². The molecule has 18 heavy (non-hydrogen) atoms. The smallest absolute Gasteiger partial charge is 0.0910 e. The van der Waals surface area contributed by atoms with Gasteiger partial charge in [-0.05, 0) is 42.4 Å². The average molecular weight is 264 g/mol. The summed E-state index contributed by atoms with van der Waals surface area (Å²) in [7, 11) is 0. The fourth-order valence-corrected chi connectivity index (χ4v) is 3.75. The van der Waals surface area contributed by atoms with Gasteiger partial charge in [-0.1, -0.05) is 11.6 Å². The van der Waals surface area contributed by atoms with E-state index in [-0.39, 0.29) is 6.04 Å². The van der Waals surface area contributed by atoms with Gasteiger partial charge in [0, 0.05) is 16.5 Å². The summed E-state index contributed by atoms with van der Waals surface area (Å²) < 4.78 is 0. The summed E-state index contributed by atoms with van der Waals surface area (Å²) in [5, 5.41) is 19.4. The molecule has 4 rings (SSSR count). The minimum Gasteiger partial charge on any atom is -0.385 e. The molecule has 1 aromatic carbocycles. The van der Waals surface area contributed by atoms with Crippen molar-refractivity contribution >= 4 is 22.5 Å². The molecule has 5 heteroatoms. The highest BCUT2D eigenvalue weighted by Gasteiger charge is 2.60. The Hall–Kier alpha value is -1.10. The second-order valence-corrected chi connectivity index (χ2v) is 6.07. The lowest BCUT2D eigenvalue weighted by molar-refractivity contribution is 0.0309. The monoisotopic (exact) mass is 263 g/mol. The van der Waals surface area contributed by atoms with Crippen molar-refractivity contribution < 1.29 is 5.11 Å². The van der Waals surface area contributed by atoms with Crippen molar-refractivity contribution in [2.75, 3.05) is 0 Å². The van der Waals surface area contributed by atoms with E-state index in [1.54, 1.807) is 6.20 Å². The molecular formula is C13H14ClN3O. The molecule has 4 nitrogen and oxygen atoms in total. The van der Waals surface area contributed by atoms with E-state index in [9.17, 15) is 5.11 Å². The summed E-state index contributed by atoms with van der Waals surface area (Å²) in [4.78, 5) is 0. The van der Waals surface area contributed by atoms with E-state index in [2.05, 4.69) is 10.2 Å². The maximum atomic E-state index is 10.9. The van der Waals surface area contributed by atoms with Crippen LogP contribution in [0.1, 0.15) is 18.4 Å². The number of H-pyrrole nitrogens is 1. The van der Waals surface area contributed by atoms with Gasteiger partial charge in [0.2, 0.25) is 0 Å². The van der Waals surface area contributed by atoms with Crippen LogP contribution in [-0.2, 0) is 5.60 Å². The average Bonchev–Trinajstić information content (AvgIpc) is 2.77. The van der Waals surface area contributed by atoms with Crippen molar-refractivity contribution in [2.45, 2.75) is 24.5 Å². The fourth-order valence-electron chi connectivity index (χ4n) is 3.53. The number of aromatic amines is 1. The van der Waals surface area contributed by atoms with Crippen LogP contribution >= 0.6 is 11.6 Å². The maximum absolute atomic E-state index is 10.9. The van der Waals surface area contributed by atoms with Crippen LogP contribution in [-0.4, -0.2) is 21.3 Å². The Bertz CT molecular complexity index is 626. The molecule has 4 N–H and O–H groups in total. The number of nitrogens with one attached hydrogen (secondary N) is 1. The molecule has 4 atom stereocenters. The lowest BCUT2D eigenvalue weighted by Gasteiger charge is -2.26. The van der Waals surface area contributed by atoms with Crippen LogP contribution in [0.2, 0.25) is 5.02 Å². The Kier molecular flexibility index (Phi) is 1.95. The molecule has 1 aromatic heterocycles. The number of aliphatic hydroxyl groups is 1. The molecular weight excluding hydrogens is 250 g/mol. The quantitative estimate of drug-likeness (QED) is 0.734. The highest BCUT2D eigenvalue weighted by molar-refractivity contribution is 6.31. The molecule has 0 bridgehead atoms. The molecule has 94 valence electrons. The number of aromatic nitrogens is 2. The van der Waals surface area contributed by atoms with Gasteiger partial charge in [-0.15, -0.1) is 0 Å². The molecule has 0 amide bonds. The second kappa shape index (κ2) is 3.26. The predicted octanol–water partition coefficient (Wildman–Crippen LogP) is 1.77. The van der Waals surface area contributed by atoms with Crippen molar-refractivity contribution in [3.05, 3.63) is 28.9 Å². The van der Waals surface area contributed by atoms with Crippen molar-refractivity contribution in [3.8, 4) is 0 Å². The first-order valence-corrected chi connectivity index (χ1v) is 6.57. The summed E-state index contributed by atoms with van der Waals surface area (Å²) in [5.74, 6) is 0.937. The Balaban J connectivity index is 1.85. The largest absolute Gasteiger partial charge is 0.385 e. The first-order valence-electron chi connectivity index (χ1n) is 6.19. The van der Waals surface area contributed by atoms with Crippen LogP contribution in [0.3, 0.4) is 0 Å². The molecule has 2 aromatic rings. The lowest BCUT2D eigenvalue weighted by atomic mass is 9.86. The van der Waals surface area contributed by atoms with Crippen LogP contribution in [0.25, 0.3) is 10.9 Å². The van der Waals surface area contributed by atoms with Gasteiger partial charge < -0.3 is 10.8 Å². The normalized spacial score (nSPS) is 38.1. The second-order valence-electron chi connectivity index (χ2n) is 5.63. The molecule has 0 radical (unpaired) electrons. The van der Waals surface area contributed by atoms with Crippen LogP contribution in [0.5, 0.6) is 0 Å². The van der Waals surface area contributed by atoms with E-state index >= 15 is 0 Å². The Morgan fingerprint density at radius 2 is 2.11 bits per heavy atom. The SMILES string of the molecule is NC1[C@H]2CC(O)(c3cc(Cl)cc4[nH]ncc34)C[C@@H]12. The number of rotatable bonds is 1. The number of nitrogens with two attached hydrogens (primary N) is 1. The molecule has 2 fully saturated rings. The number of benzene rings is 1. The zero-order valence-corrected chi connectivity index (χ0v) is 10.5. The van der Waals surface area contributed by atoms with Crippen LogP contribution in [0.15, 0.2) is 18.3 Å². The number of hydrogen-bond acceptors (Lipinski definition) is 3. The van der Waals surface area contributed by atoms with E-state index in [0.29, 0.717) is 16.9 Å². The number of hydrogen-bond donors (Lipinski definition) is 3. The summed E-state index contributed by atoms with van der Waals surface area (Å²) in [6.07, 6.45) is 3.22. The predicted molar refractivity (Wildman–Crippen MR) is 69.2 cm³/mol. The number of nitrogens with zero attached hydrogens (tertiary/aromatic N) is 1. The third-order valence-corrected chi connectivity index (χ3v) is 4.79. The zero-order valence-electron chi connectivity index (χ0n) is 9.73. The standard InChI is InChI=1S/C13H14ClN3O/c14-6-1-10(9-5-16-17-11(9)2-6)13(18)3-7-8(4-13)12(7)15/h1-2,5,7-8,12,18H,3-4,15H2,(H,16,17)/t7-,8+,12?,13?. The van der Waals surface area contributed by atoms with E-state index in [1.807, 2.05) is 12.1 Å². The molecule has 2 aliphatic carbocycles. The zero-order chi connectivity index (χ0) is 12.5. The molecule has 2 saturated carbocycles. The van der Waals surface area contributed by atoms with E-state index in [0.717, 1.165) is 29.3 Å². The van der Waals surface area contributed by atoms with Crippen molar-refractivity contribution in [1.29, 1.82) is 0 Å². The first kappa shape index (κ1) is 10.8. The van der Waals surface area contributed by atoms with Gasteiger partial charge in [-0.25, -0.2) is 0 Å². The topological polar surface area (TPSA) is 74.9 Å². The molecule has 0 aliphatic heterocycles. The van der Waals surface area contributed by atoms with Gasteiger partial charge in [0.05, 0.1) is 17.3 Å². The van der Waals surface area contributed by atoms with Gasteiger partial charge in [0.15, 0.2) is 0 Å². The van der Waals surface area contributed by atoms with Crippen LogP contribution in [0.4, 0.5) is 0 Å². The fraction of sp³-hybridized carbons (Fsp3) is 0.462. The van der Waals surface area contributed by atoms with Crippen molar-refractivity contribution in [3.63, 3.8) is 0 Å². The molecule has 0 spiro atoms. The summed E-state index contributed by atoms with van der Waals surface area (Å²) in [6, 6.07) is 3.97.